The summed E-state index contributed by atoms with van der Waals surface area (Å²) in [5, 5.41) is 0. The fraction of sp³-hybridized carbons (Fsp3) is 0.263. The van der Waals surface area contributed by atoms with Crippen LogP contribution < -0.4 is 8.61 Å². The number of hydrogen-bond acceptors (Lipinski definition) is 3. The maximum absolute atomic E-state index is 14.5. The molecule has 0 radical (unpaired) electrons. The number of benzene rings is 2. The largest absolute Gasteiger partial charge is 0.331 e. The van der Waals surface area contributed by atoms with Gasteiger partial charge in [0.2, 0.25) is 0 Å². The molecule has 0 aliphatic carbocycles. The molecule has 0 amide bonds. The Labute approximate surface area is 166 Å². The van der Waals surface area contributed by atoms with E-state index in [0.717, 1.165) is 9.87 Å². The third-order valence-corrected chi connectivity index (χ3v) is 5.87. The molecule has 0 saturated carbocycles. The fourth-order valence-corrected chi connectivity index (χ4v) is 4.55. The first-order valence-electron chi connectivity index (χ1n) is 8.30. The Bertz CT molecular complexity index is 948. The zero-order chi connectivity index (χ0) is 18.9. The molecule has 0 spiro atoms. The summed E-state index contributed by atoms with van der Waals surface area (Å²) in [4.78, 5) is 1.98. The number of likely N-dealkylation sites (N-methyl/N-ethyl adjacent to an activating group) is 1. The summed E-state index contributed by atoms with van der Waals surface area (Å²) < 4.78 is 43.2. The van der Waals surface area contributed by atoms with Gasteiger partial charge in [0.25, 0.3) is 0 Å². The second-order valence-electron chi connectivity index (χ2n) is 6.48. The van der Waals surface area contributed by atoms with E-state index in [2.05, 4.69) is 0 Å². The van der Waals surface area contributed by atoms with Crippen LogP contribution in [0, 0.1) is 12.7 Å². The Morgan fingerprint density at radius 1 is 1.04 bits per heavy atom. The van der Waals surface area contributed by atoms with E-state index in [-0.39, 0.29) is 24.6 Å². The highest BCUT2D eigenvalue weighted by Crippen LogP contribution is 2.45. The summed E-state index contributed by atoms with van der Waals surface area (Å²) in [6, 6.07) is 11.5. The summed E-state index contributed by atoms with van der Waals surface area (Å²) in [7, 11) is -0.0370. The van der Waals surface area contributed by atoms with Crippen LogP contribution >= 0.6 is 12.4 Å². The van der Waals surface area contributed by atoms with E-state index in [4.69, 9.17) is 0 Å². The summed E-state index contributed by atoms with van der Waals surface area (Å²) in [6.45, 7) is 2.67. The molecule has 3 rings (SSSR count). The molecule has 0 bridgehead atoms. The zero-order valence-electron chi connectivity index (χ0n) is 15.5. The average Bonchev–Trinajstić information content (AvgIpc) is 2.79. The Morgan fingerprint density at radius 2 is 1.70 bits per heavy atom. The molecule has 2 aromatic carbocycles. The van der Waals surface area contributed by atoms with Crippen molar-refractivity contribution in [1.82, 2.24) is 4.90 Å². The minimum Gasteiger partial charge on any atom is -0.306 e. The van der Waals surface area contributed by atoms with Crippen LogP contribution in [0.4, 0.5) is 21.5 Å². The second kappa shape index (κ2) is 8.29. The normalized spacial score (nSPS) is 15.3. The number of halogens is 2. The number of hydrogen-bond donors (Lipinski definition) is 0. The molecule has 5 nitrogen and oxygen atoms in total. The highest BCUT2D eigenvalue weighted by Gasteiger charge is 2.41. The van der Waals surface area contributed by atoms with Crippen molar-refractivity contribution in [1.29, 1.82) is 0 Å². The van der Waals surface area contributed by atoms with Crippen molar-refractivity contribution in [2.24, 2.45) is 0 Å². The Hall–Kier alpha value is -2.09. The quantitative estimate of drug-likeness (QED) is 0.701. The van der Waals surface area contributed by atoms with E-state index in [1.807, 2.05) is 31.1 Å². The third kappa shape index (κ3) is 4.10. The summed E-state index contributed by atoms with van der Waals surface area (Å²) in [5.74, 6) is -0.562. The number of fused-ring (bicyclic) bond motifs is 1. The SMILES string of the molecule is Cc1ccc(N2c3ccccc3N(C/C=C\CN(C)C)S2(=O)=O)c(F)c1.Cl. The molecule has 0 unspecified atom stereocenters. The highest BCUT2D eigenvalue weighted by molar-refractivity contribution is 7.95. The van der Waals surface area contributed by atoms with Crippen LogP contribution in [0.25, 0.3) is 0 Å². The van der Waals surface area contributed by atoms with Crippen LogP contribution in [0.5, 0.6) is 0 Å². The van der Waals surface area contributed by atoms with E-state index in [1.165, 1.54) is 16.4 Å². The Balaban J connectivity index is 0.00000261. The van der Waals surface area contributed by atoms with E-state index in [9.17, 15) is 12.8 Å². The molecule has 146 valence electrons. The van der Waals surface area contributed by atoms with Gasteiger partial charge in [-0.3, -0.25) is 0 Å². The predicted octanol–water partition coefficient (Wildman–Crippen LogP) is 3.88. The first-order chi connectivity index (χ1) is 12.3. The molecular formula is C19H23ClFN3O2S. The monoisotopic (exact) mass is 411 g/mol. The molecule has 1 aliphatic heterocycles. The summed E-state index contributed by atoms with van der Waals surface area (Å²) >= 11 is 0. The first-order valence-corrected chi connectivity index (χ1v) is 9.70. The van der Waals surface area contributed by atoms with Gasteiger partial charge in [0.1, 0.15) is 5.82 Å². The number of para-hydroxylation sites is 2. The van der Waals surface area contributed by atoms with Gasteiger partial charge >= 0.3 is 10.2 Å². The average molecular weight is 412 g/mol. The van der Waals surface area contributed by atoms with Crippen LogP contribution in [-0.4, -0.2) is 40.5 Å². The number of anilines is 3. The maximum Gasteiger partial charge on any atom is 0.331 e. The lowest BCUT2D eigenvalue weighted by Gasteiger charge is -2.21. The Kier molecular flexibility index (Phi) is 6.51. The maximum atomic E-state index is 14.5. The molecule has 8 heteroatoms. The van der Waals surface area contributed by atoms with Crippen molar-refractivity contribution in [3.05, 3.63) is 66.0 Å². The van der Waals surface area contributed by atoms with Crippen LogP contribution in [-0.2, 0) is 10.2 Å². The number of nitrogens with zero attached hydrogens (tertiary/aromatic N) is 3. The van der Waals surface area contributed by atoms with E-state index in [0.29, 0.717) is 17.9 Å². The molecule has 2 aromatic rings. The molecule has 0 N–H and O–H groups in total. The van der Waals surface area contributed by atoms with Crippen molar-refractivity contribution < 1.29 is 12.8 Å². The molecule has 27 heavy (non-hydrogen) atoms. The van der Waals surface area contributed by atoms with Crippen molar-refractivity contribution in [2.45, 2.75) is 6.92 Å². The molecule has 1 heterocycles. The Morgan fingerprint density at radius 3 is 2.33 bits per heavy atom. The van der Waals surface area contributed by atoms with Crippen LogP contribution in [0.15, 0.2) is 54.6 Å². The van der Waals surface area contributed by atoms with Crippen molar-refractivity contribution >= 4 is 39.7 Å². The first kappa shape index (κ1) is 21.2. The lowest BCUT2D eigenvalue weighted by Crippen LogP contribution is -2.35. The topological polar surface area (TPSA) is 43.9 Å². The number of aryl methyl sites for hydroxylation is 1. The van der Waals surface area contributed by atoms with Crippen molar-refractivity contribution in [3.63, 3.8) is 0 Å². The molecule has 0 fully saturated rings. The lowest BCUT2D eigenvalue weighted by atomic mass is 10.2. The standard InChI is InChI=1S/C19H22FN3O2S.ClH/c1-15-10-11-17(16(20)14-15)23-19-9-5-4-8-18(19)22(26(23,24)25)13-7-6-12-21(2)3;/h4-11,14H,12-13H2,1-3H3;1H/b7-6-;. The van der Waals surface area contributed by atoms with Crippen molar-refractivity contribution in [2.75, 3.05) is 35.8 Å². The molecular weight excluding hydrogens is 389 g/mol. The van der Waals surface area contributed by atoms with Gasteiger partial charge in [0, 0.05) is 6.54 Å². The van der Waals surface area contributed by atoms with Gasteiger partial charge in [-0.05, 0) is 50.8 Å². The second-order valence-corrected chi connectivity index (χ2v) is 8.18. The lowest BCUT2D eigenvalue weighted by molar-refractivity contribution is 0.456. The smallest absolute Gasteiger partial charge is 0.306 e. The third-order valence-electron chi connectivity index (χ3n) is 4.11. The van der Waals surface area contributed by atoms with Gasteiger partial charge in [0.15, 0.2) is 0 Å². The van der Waals surface area contributed by atoms with Gasteiger partial charge in [-0.25, -0.2) is 13.0 Å². The zero-order valence-corrected chi connectivity index (χ0v) is 17.1. The van der Waals surface area contributed by atoms with Gasteiger partial charge in [-0.1, -0.05) is 30.4 Å². The van der Waals surface area contributed by atoms with Crippen LogP contribution in [0.3, 0.4) is 0 Å². The summed E-state index contributed by atoms with van der Waals surface area (Å²) in [6.07, 6.45) is 3.72. The summed E-state index contributed by atoms with van der Waals surface area (Å²) in [5.41, 5.74) is 1.76. The van der Waals surface area contributed by atoms with E-state index in [1.54, 1.807) is 37.3 Å². The van der Waals surface area contributed by atoms with Gasteiger partial charge in [-0.15, -0.1) is 12.4 Å². The van der Waals surface area contributed by atoms with Crippen molar-refractivity contribution in [3.8, 4) is 0 Å². The van der Waals surface area contributed by atoms with E-state index >= 15 is 0 Å². The minimum absolute atomic E-state index is 0. The predicted molar refractivity (Wildman–Crippen MR) is 111 cm³/mol. The van der Waals surface area contributed by atoms with E-state index < -0.39 is 16.0 Å². The van der Waals surface area contributed by atoms with Gasteiger partial charge in [0.05, 0.1) is 23.6 Å². The molecule has 0 aromatic heterocycles. The minimum atomic E-state index is -3.91. The van der Waals surface area contributed by atoms with Crippen LogP contribution in [0.1, 0.15) is 5.56 Å². The molecule has 1 aliphatic rings. The fourth-order valence-electron chi connectivity index (χ4n) is 2.87. The molecule has 0 atom stereocenters. The number of rotatable bonds is 5. The van der Waals surface area contributed by atoms with Crippen LogP contribution in [0.2, 0.25) is 0 Å². The highest BCUT2D eigenvalue weighted by atomic mass is 35.5. The molecule has 0 saturated heterocycles. The van der Waals surface area contributed by atoms with Gasteiger partial charge in [-0.2, -0.15) is 8.42 Å². The van der Waals surface area contributed by atoms with Gasteiger partial charge < -0.3 is 4.90 Å².